The van der Waals surface area contributed by atoms with Crippen molar-refractivity contribution in [3.8, 4) is 0 Å². The fourth-order valence-corrected chi connectivity index (χ4v) is 2.69. The first-order chi connectivity index (χ1) is 10.3. The highest BCUT2D eigenvalue weighted by molar-refractivity contribution is 6.75. The van der Waals surface area contributed by atoms with E-state index in [0.29, 0.717) is 0 Å². The van der Waals surface area contributed by atoms with Crippen LogP contribution in [-0.2, 0) is 4.43 Å². The van der Waals surface area contributed by atoms with Gasteiger partial charge in [0.05, 0.1) is 5.69 Å². The molecule has 0 amide bonds. The molecule has 0 radical (unpaired) electrons. The van der Waals surface area contributed by atoms with Crippen molar-refractivity contribution in [2.24, 2.45) is 4.99 Å². The second-order valence-electron chi connectivity index (χ2n) is 6.98. The van der Waals surface area contributed by atoms with Gasteiger partial charge in [-0.1, -0.05) is 57.2 Å². The maximum atomic E-state index is 6.48. The van der Waals surface area contributed by atoms with Crippen molar-refractivity contribution >= 4 is 19.9 Å². The first kappa shape index (κ1) is 16.5. The van der Waals surface area contributed by atoms with Crippen molar-refractivity contribution in [2.45, 2.75) is 38.9 Å². The third kappa shape index (κ3) is 4.07. The Morgan fingerprint density at radius 1 is 0.864 bits per heavy atom. The van der Waals surface area contributed by atoms with E-state index in [1.165, 1.54) is 0 Å². The highest BCUT2D eigenvalue weighted by atomic mass is 28.4. The Bertz CT molecular complexity index is 627. The van der Waals surface area contributed by atoms with Crippen LogP contribution in [0.25, 0.3) is 0 Å². The third-order valence-electron chi connectivity index (χ3n) is 4.17. The molecule has 2 nitrogen and oxygen atoms in total. The summed E-state index contributed by atoms with van der Waals surface area (Å²) in [6.45, 7) is 11.2. The van der Waals surface area contributed by atoms with Crippen LogP contribution in [0.3, 0.4) is 0 Å². The lowest BCUT2D eigenvalue weighted by Gasteiger charge is -2.36. The van der Waals surface area contributed by atoms with E-state index in [0.717, 1.165) is 17.1 Å². The van der Waals surface area contributed by atoms with Crippen molar-refractivity contribution in [1.29, 1.82) is 0 Å². The Balaban J connectivity index is 2.42. The van der Waals surface area contributed by atoms with Crippen molar-refractivity contribution < 1.29 is 4.43 Å². The van der Waals surface area contributed by atoms with Gasteiger partial charge in [-0.05, 0) is 42.4 Å². The van der Waals surface area contributed by atoms with Crippen molar-refractivity contribution in [3.63, 3.8) is 0 Å². The number of benzene rings is 2. The van der Waals surface area contributed by atoms with E-state index in [9.17, 15) is 0 Å². The Kier molecular flexibility index (Phi) is 4.86. The number of aliphatic imine (C=N–C) groups is 1. The molecule has 0 N–H and O–H groups in total. The summed E-state index contributed by atoms with van der Waals surface area (Å²) in [5.74, 6) is 0.721. The van der Waals surface area contributed by atoms with E-state index in [1.807, 2.05) is 48.5 Å². The lowest BCUT2D eigenvalue weighted by molar-refractivity contribution is 0.487. The van der Waals surface area contributed by atoms with Gasteiger partial charge in [0.1, 0.15) is 0 Å². The van der Waals surface area contributed by atoms with E-state index in [-0.39, 0.29) is 5.04 Å². The Labute approximate surface area is 135 Å². The zero-order chi connectivity index (χ0) is 16.2. The van der Waals surface area contributed by atoms with Crippen LogP contribution in [-0.4, -0.2) is 14.2 Å². The molecule has 0 aliphatic carbocycles. The minimum absolute atomic E-state index is 0.138. The quantitative estimate of drug-likeness (QED) is 0.399. The molecule has 2 aromatic rings. The lowest BCUT2D eigenvalue weighted by atomic mass is 10.2. The highest BCUT2D eigenvalue weighted by Gasteiger charge is 2.40. The average Bonchev–Trinajstić information content (AvgIpc) is 2.47. The van der Waals surface area contributed by atoms with Crippen LogP contribution in [0.15, 0.2) is 65.7 Å². The molecule has 0 aliphatic heterocycles. The zero-order valence-corrected chi connectivity index (χ0v) is 15.1. The fourth-order valence-electron chi connectivity index (χ4n) is 1.74. The maximum Gasteiger partial charge on any atom is 0.252 e. The monoisotopic (exact) mass is 311 g/mol. The Hall–Kier alpha value is -1.87. The van der Waals surface area contributed by atoms with Gasteiger partial charge >= 0.3 is 0 Å². The summed E-state index contributed by atoms with van der Waals surface area (Å²) < 4.78 is 6.48. The topological polar surface area (TPSA) is 21.6 Å². The van der Waals surface area contributed by atoms with Gasteiger partial charge in [0.25, 0.3) is 8.32 Å². The van der Waals surface area contributed by atoms with Crippen LogP contribution >= 0.6 is 0 Å². The molecule has 116 valence electrons. The maximum absolute atomic E-state index is 6.48. The van der Waals surface area contributed by atoms with Crippen LogP contribution in [0.5, 0.6) is 0 Å². The molecule has 2 rings (SSSR count). The lowest BCUT2D eigenvalue weighted by Crippen LogP contribution is -2.42. The molecular weight excluding hydrogens is 286 g/mol. The van der Waals surface area contributed by atoms with Gasteiger partial charge in [-0.2, -0.15) is 0 Å². The summed E-state index contributed by atoms with van der Waals surface area (Å²) in [5.41, 5.74) is 1.94. The summed E-state index contributed by atoms with van der Waals surface area (Å²) in [6, 6.07) is 20.1. The summed E-state index contributed by atoms with van der Waals surface area (Å²) in [7, 11) is -1.94. The number of hydrogen-bond donors (Lipinski definition) is 0. The minimum Gasteiger partial charge on any atom is -0.530 e. The molecule has 0 heterocycles. The van der Waals surface area contributed by atoms with Gasteiger partial charge < -0.3 is 4.43 Å². The Morgan fingerprint density at radius 2 is 1.36 bits per heavy atom. The normalized spacial score (nSPS) is 13.0. The van der Waals surface area contributed by atoms with Crippen molar-refractivity contribution in [1.82, 2.24) is 0 Å². The molecule has 0 aliphatic rings. The first-order valence-corrected chi connectivity index (χ1v) is 10.6. The molecule has 2 aromatic carbocycles. The second kappa shape index (κ2) is 6.49. The van der Waals surface area contributed by atoms with Gasteiger partial charge in [0.15, 0.2) is 0 Å². The van der Waals surface area contributed by atoms with E-state index in [1.54, 1.807) is 0 Å². The fraction of sp³-hybridized carbons (Fsp3) is 0.316. The zero-order valence-electron chi connectivity index (χ0n) is 14.1. The standard InChI is InChI=1S/C19H25NOSi/c1-19(2,3)22(4,5)21-18(16-12-8-6-9-13-16)20-17-14-10-7-11-15-17/h6-15H,1-5H3/b20-18+. The van der Waals surface area contributed by atoms with Gasteiger partial charge in [-0.3, -0.25) is 0 Å². The summed E-state index contributed by atoms with van der Waals surface area (Å²) in [5, 5.41) is 0.138. The van der Waals surface area contributed by atoms with Crippen LogP contribution in [0.4, 0.5) is 5.69 Å². The number of para-hydroxylation sites is 1. The predicted octanol–water partition coefficient (Wildman–Crippen LogP) is 5.79. The largest absolute Gasteiger partial charge is 0.530 e. The summed E-state index contributed by atoms with van der Waals surface area (Å²) >= 11 is 0. The van der Waals surface area contributed by atoms with Crippen LogP contribution in [0, 0.1) is 0 Å². The van der Waals surface area contributed by atoms with Gasteiger partial charge in [0, 0.05) is 5.56 Å². The first-order valence-electron chi connectivity index (χ1n) is 7.68. The van der Waals surface area contributed by atoms with Gasteiger partial charge in [-0.25, -0.2) is 4.99 Å². The van der Waals surface area contributed by atoms with Crippen LogP contribution in [0.2, 0.25) is 18.1 Å². The molecular formula is C19H25NOSi. The van der Waals surface area contributed by atoms with Crippen molar-refractivity contribution in [3.05, 3.63) is 66.2 Å². The Morgan fingerprint density at radius 3 is 1.86 bits per heavy atom. The highest BCUT2D eigenvalue weighted by Crippen LogP contribution is 2.37. The molecule has 0 fully saturated rings. The molecule has 3 heteroatoms. The van der Waals surface area contributed by atoms with Crippen LogP contribution in [0.1, 0.15) is 26.3 Å². The predicted molar refractivity (Wildman–Crippen MR) is 97.4 cm³/mol. The van der Waals surface area contributed by atoms with Crippen LogP contribution < -0.4 is 0 Å². The van der Waals surface area contributed by atoms with Crippen molar-refractivity contribution in [2.75, 3.05) is 0 Å². The van der Waals surface area contributed by atoms with Gasteiger partial charge in [0.2, 0.25) is 5.90 Å². The SMILES string of the molecule is CC(C)(C)[Si](C)(C)O/C(=N/c1ccccc1)c1ccccc1. The minimum atomic E-state index is -1.94. The molecule has 0 unspecified atom stereocenters. The molecule has 0 aromatic heterocycles. The molecule has 0 bridgehead atoms. The molecule has 0 saturated carbocycles. The molecule has 22 heavy (non-hydrogen) atoms. The number of rotatable bonds is 3. The van der Waals surface area contributed by atoms with E-state index in [4.69, 9.17) is 9.42 Å². The number of nitrogens with zero attached hydrogens (tertiary/aromatic N) is 1. The molecule has 0 saturated heterocycles. The van der Waals surface area contributed by atoms with E-state index >= 15 is 0 Å². The van der Waals surface area contributed by atoms with E-state index in [2.05, 4.69) is 46.0 Å². The summed E-state index contributed by atoms with van der Waals surface area (Å²) in [4.78, 5) is 4.76. The number of hydrogen-bond acceptors (Lipinski definition) is 2. The molecule has 0 spiro atoms. The second-order valence-corrected chi connectivity index (χ2v) is 11.7. The molecule has 0 atom stereocenters. The third-order valence-corrected chi connectivity index (χ3v) is 8.48. The smallest absolute Gasteiger partial charge is 0.252 e. The average molecular weight is 312 g/mol. The van der Waals surface area contributed by atoms with E-state index < -0.39 is 8.32 Å². The summed E-state index contributed by atoms with van der Waals surface area (Å²) in [6.07, 6.45) is 0. The van der Waals surface area contributed by atoms with Gasteiger partial charge in [-0.15, -0.1) is 0 Å².